The van der Waals surface area contributed by atoms with Crippen LogP contribution in [0, 0.1) is 0 Å². The van der Waals surface area contributed by atoms with Gasteiger partial charge in [0, 0.05) is 51.2 Å². The van der Waals surface area contributed by atoms with E-state index in [0.29, 0.717) is 19.6 Å². The molecule has 0 radical (unpaired) electrons. The average Bonchev–Trinajstić information content (AvgIpc) is 2.91. The molecule has 3 heterocycles. The Hall–Kier alpha value is -3.33. The van der Waals surface area contributed by atoms with E-state index in [1.54, 1.807) is 4.90 Å². The van der Waals surface area contributed by atoms with Gasteiger partial charge in [0.05, 0.1) is 17.8 Å². The Morgan fingerprint density at radius 2 is 1.85 bits per heavy atom. The number of hydrogen-bond donors (Lipinski definition) is 1. The molecule has 210 valence electrons. The van der Waals surface area contributed by atoms with Gasteiger partial charge < -0.3 is 20.3 Å². The molecule has 1 saturated heterocycles. The first-order valence-electron chi connectivity index (χ1n) is 14.1. The van der Waals surface area contributed by atoms with Crippen molar-refractivity contribution in [2.75, 3.05) is 44.7 Å². The highest BCUT2D eigenvalue weighted by Crippen LogP contribution is 2.36. The maximum Gasteiger partial charge on any atom is 0.410 e. The number of fused-ring (bicyclic) bond motifs is 2. The van der Waals surface area contributed by atoms with Crippen molar-refractivity contribution in [3.8, 4) is 0 Å². The monoisotopic (exact) mass is 534 g/mol. The molecule has 0 unspecified atom stereocenters. The number of nitrogens with zero attached hydrogens (tertiary/aromatic N) is 5. The minimum Gasteiger partial charge on any atom is -0.444 e. The zero-order valence-electron chi connectivity index (χ0n) is 23.7. The zero-order chi connectivity index (χ0) is 27.7. The van der Waals surface area contributed by atoms with Crippen LogP contribution >= 0.6 is 0 Å². The van der Waals surface area contributed by atoms with Crippen molar-refractivity contribution < 1.29 is 14.3 Å². The van der Waals surface area contributed by atoms with Gasteiger partial charge in [-0.25, -0.2) is 9.59 Å². The van der Waals surface area contributed by atoms with Gasteiger partial charge in [-0.1, -0.05) is 18.2 Å². The number of urea groups is 1. The van der Waals surface area contributed by atoms with Crippen molar-refractivity contribution in [3.63, 3.8) is 0 Å². The highest BCUT2D eigenvalue weighted by atomic mass is 16.6. The van der Waals surface area contributed by atoms with E-state index in [-0.39, 0.29) is 24.2 Å². The average molecular weight is 535 g/mol. The number of hydrogen-bond acceptors (Lipinski definition) is 6. The summed E-state index contributed by atoms with van der Waals surface area (Å²) in [5.41, 5.74) is 11.1. The van der Waals surface area contributed by atoms with Crippen LogP contribution in [0.15, 0.2) is 36.5 Å². The topological polar surface area (TPSA) is 95.2 Å². The number of aromatic nitrogens is 1. The minimum absolute atomic E-state index is 0.0421. The van der Waals surface area contributed by atoms with Crippen molar-refractivity contribution in [1.82, 2.24) is 19.7 Å². The molecular weight excluding hydrogens is 492 g/mol. The Morgan fingerprint density at radius 1 is 1.10 bits per heavy atom. The summed E-state index contributed by atoms with van der Waals surface area (Å²) in [4.78, 5) is 38.2. The lowest BCUT2D eigenvalue weighted by Gasteiger charge is -2.43. The summed E-state index contributed by atoms with van der Waals surface area (Å²) >= 11 is 0. The number of pyridine rings is 1. The summed E-state index contributed by atoms with van der Waals surface area (Å²) in [6.07, 6.45) is 5.63. The fraction of sp³-hybridized carbons (Fsp3) is 0.567. The Labute approximate surface area is 231 Å². The first-order chi connectivity index (χ1) is 18.6. The molecule has 9 heteroatoms. The second-order valence-corrected chi connectivity index (χ2v) is 12.1. The number of nitrogens with two attached hydrogens (primary N) is 1. The molecule has 1 fully saturated rings. The molecule has 0 bridgehead atoms. The lowest BCUT2D eigenvalue weighted by molar-refractivity contribution is 0.00645. The van der Waals surface area contributed by atoms with Crippen molar-refractivity contribution in [2.24, 2.45) is 5.73 Å². The highest BCUT2D eigenvalue weighted by Gasteiger charge is 2.37. The van der Waals surface area contributed by atoms with Crippen molar-refractivity contribution in [3.05, 3.63) is 58.9 Å². The van der Waals surface area contributed by atoms with E-state index in [1.165, 1.54) is 22.5 Å². The van der Waals surface area contributed by atoms with Gasteiger partial charge in [-0.3, -0.25) is 14.8 Å². The van der Waals surface area contributed by atoms with E-state index < -0.39 is 5.60 Å². The van der Waals surface area contributed by atoms with Gasteiger partial charge >= 0.3 is 12.1 Å². The summed E-state index contributed by atoms with van der Waals surface area (Å²) in [5.74, 6) is 0. The van der Waals surface area contributed by atoms with Gasteiger partial charge in [0.1, 0.15) is 5.60 Å². The predicted octanol–water partition coefficient (Wildman–Crippen LogP) is 3.95. The molecule has 3 amide bonds. The second kappa shape index (κ2) is 11.0. The Balaban J connectivity index is 1.41. The molecule has 2 N–H and O–H groups in total. The van der Waals surface area contributed by atoms with Crippen LogP contribution in [0.4, 0.5) is 15.3 Å². The molecule has 0 saturated carbocycles. The van der Waals surface area contributed by atoms with E-state index in [0.717, 1.165) is 50.9 Å². The Morgan fingerprint density at radius 3 is 2.56 bits per heavy atom. The lowest BCUT2D eigenvalue weighted by atomic mass is 9.89. The molecule has 1 aromatic heterocycles. The summed E-state index contributed by atoms with van der Waals surface area (Å²) < 4.78 is 5.88. The van der Waals surface area contributed by atoms with Crippen LogP contribution in [0.5, 0.6) is 0 Å². The van der Waals surface area contributed by atoms with Crippen LogP contribution in [0.1, 0.15) is 62.0 Å². The molecule has 3 aliphatic rings. The number of rotatable bonds is 4. The Bertz CT molecular complexity index is 1200. The lowest BCUT2D eigenvalue weighted by Crippen LogP contribution is -2.53. The van der Waals surface area contributed by atoms with Crippen LogP contribution in [0.3, 0.4) is 0 Å². The fourth-order valence-corrected chi connectivity index (χ4v) is 6.30. The SMILES string of the molecule is CN(C[C@H]1Cc2c(cccc2N2CCN(C(N)=O)CC2)CN1C(=O)OC(C)(C)C)[C@H]1CCCc2cccnc21. The Kier molecular flexibility index (Phi) is 7.71. The summed E-state index contributed by atoms with van der Waals surface area (Å²) in [6.45, 7) is 9.69. The second-order valence-electron chi connectivity index (χ2n) is 12.1. The van der Waals surface area contributed by atoms with Crippen molar-refractivity contribution in [1.29, 1.82) is 0 Å². The minimum atomic E-state index is -0.567. The number of benzene rings is 1. The van der Waals surface area contributed by atoms with E-state index in [4.69, 9.17) is 15.5 Å². The quantitative estimate of drug-likeness (QED) is 0.638. The number of piperazine rings is 1. The van der Waals surface area contributed by atoms with Crippen LogP contribution in [0.25, 0.3) is 0 Å². The van der Waals surface area contributed by atoms with Crippen molar-refractivity contribution >= 4 is 17.8 Å². The van der Waals surface area contributed by atoms with E-state index in [2.05, 4.69) is 41.1 Å². The zero-order valence-corrected chi connectivity index (χ0v) is 23.7. The third kappa shape index (κ3) is 5.98. The third-order valence-electron chi connectivity index (χ3n) is 8.23. The van der Waals surface area contributed by atoms with Crippen molar-refractivity contribution in [2.45, 2.75) is 70.7 Å². The molecule has 9 nitrogen and oxygen atoms in total. The van der Waals surface area contributed by atoms with Gasteiger partial charge in [-0.05, 0) is 82.3 Å². The predicted molar refractivity (Wildman–Crippen MR) is 152 cm³/mol. The number of ether oxygens (including phenoxy) is 1. The molecular formula is C30H42N6O3. The molecule has 39 heavy (non-hydrogen) atoms. The van der Waals surface area contributed by atoms with Crippen LogP contribution in [-0.4, -0.2) is 83.2 Å². The number of amides is 3. The molecule has 1 aromatic carbocycles. The maximum atomic E-state index is 13.5. The van der Waals surface area contributed by atoms with Gasteiger partial charge in [-0.2, -0.15) is 0 Å². The van der Waals surface area contributed by atoms with Crippen LogP contribution in [-0.2, 0) is 24.1 Å². The molecule has 2 aliphatic heterocycles. The standard InChI is InChI=1S/C30H42N6O3/c1-30(2,3)39-29(38)36-19-22-9-6-11-25(34-14-16-35(17-15-34)28(31)37)24(22)18-23(36)20-33(4)26-12-5-8-21-10-7-13-32-27(21)26/h6-7,9-11,13,23,26H,5,8,12,14-20H2,1-4H3,(H2,31,37)/t23-,26+/m1/s1. The number of anilines is 1. The highest BCUT2D eigenvalue weighted by molar-refractivity contribution is 5.73. The number of likely N-dealkylation sites (N-methyl/N-ethyl adjacent to an activating group) is 1. The van der Waals surface area contributed by atoms with E-state index in [1.807, 2.05) is 37.9 Å². The fourth-order valence-electron chi connectivity index (χ4n) is 6.30. The van der Waals surface area contributed by atoms with Crippen LogP contribution < -0.4 is 10.6 Å². The molecule has 1 aliphatic carbocycles. The number of primary amides is 1. The maximum absolute atomic E-state index is 13.5. The van der Waals surface area contributed by atoms with E-state index in [9.17, 15) is 9.59 Å². The number of carbonyl (C=O) groups is 2. The number of carbonyl (C=O) groups excluding carboxylic acids is 2. The largest absolute Gasteiger partial charge is 0.444 e. The summed E-state index contributed by atoms with van der Waals surface area (Å²) in [5, 5.41) is 0. The van der Waals surface area contributed by atoms with Crippen LogP contribution in [0.2, 0.25) is 0 Å². The van der Waals surface area contributed by atoms with Gasteiger partial charge in [0.15, 0.2) is 0 Å². The smallest absolute Gasteiger partial charge is 0.410 e. The van der Waals surface area contributed by atoms with E-state index >= 15 is 0 Å². The molecule has 2 aromatic rings. The third-order valence-corrected chi connectivity index (χ3v) is 8.23. The van der Waals surface area contributed by atoms with Gasteiger partial charge in [0.2, 0.25) is 0 Å². The summed E-state index contributed by atoms with van der Waals surface area (Å²) in [7, 11) is 2.16. The summed E-state index contributed by atoms with van der Waals surface area (Å²) in [6, 6.07) is 10.4. The normalized spacial score (nSPS) is 21.4. The molecule has 2 atom stereocenters. The van der Waals surface area contributed by atoms with Gasteiger partial charge in [0.25, 0.3) is 0 Å². The van der Waals surface area contributed by atoms with Gasteiger partial charge in [-0.15, -0.1) is 0 Å². The first-order valence-corrected chi connectivity index (χ1v) is 14.1. The first kappa shape index (κ1) is 27.2. The molecule has 5 rings (SSSR count). The molecule has 0 spiro atoms. The number of aryl methyl sites for hydroxylation is 1.